The predicted octanol–water partition coefficient (Wildman–Crippen LogP) is 3.21. The van der Waals surface area contributed by atoms with Crippen LogP contribution in [0.3, 0.4) is 0 Å². The molecule has 2 rings (SSSR count). The van der Waals surface area contributed by atoms with E-state index in [1.165, 1.54) is 5.56 Å². The number of aryl methyl sites for hydroxylation is 1. The van der Waals surface area contributed by atoms with Crippen molar-refractivity contribution in [3.8, 4) is 0 Å². The highest BCUT2D eigenvalue weighted by atomic mass is 32.2. The lowest BCUT2D eigenvalue weighted by Gasteiger charge is -2.15. The van der Waals surface area contributed by atoms with Crippen molar-refractivity contribution in [1.82, 2.24) is 4.40 Å². The third kappa shape index (κ3) is 3.42. The van der Waals surface area contributed by atoms with Crippen LogP contribution < -0.4 is 0 Å². The molecule has 0 aliphatic rings. The number of fused-ring (bicyclic) bond motifs is 1. The van der Waals surface area contributed by atoms with Crippen molar-refractivity contribution in [2.75, 3.05) is 11.5 Å². The van der Waals surface area contributed by atoms with Gasteiger partial charge in [0.05, 0.1) is 5.75 Å². The highest BCUT2D eigenvalue weighted by Crippen LogP contribution is 2.25. The van der Waals surface area contributed by atoms with Gasteiger partial charge in [-0.15, -0.1) is 0 Å². The minimum Gasteiger partial charge on any atom is -0.323 e. The Morgan fingerprint density at radius 3 is 2.45 bits per heavy atom. The summed E-state index contributed by atoms with van der Waals surface area (Å²) in [5.41, 5.74) is 3.62. The molecule has 2 aromatic heterocycles. The zero-order chi connectivity index (χ0) is 15.0. The average molecular weight is 293 g/mol. The van der Waals surface area contributed by atoms with E-state index in [9.17, 15) is 8.42 Å². The van der Waals surface area contributed by atoms with Crippen molar-refractivity contribution >= 4 is 15.4 Å². The second-order valence-electron chi connectivity index (χ2n) is 6.33. The summed E-state index contributed by atoms with van der Waals surface area (Å²) in [7, 11) is -2.90. The van der Waals surface area contributed by atoms with Crippen molar-refractivity contribution in [3.63, 3.8) is 0 Å². The second-order valence-corrected chi connectivity index (χ2v) is 8.81. The van der Waals surface area contributed by atoms with Gasteiger partial charge in [0.2, 0.25) is 0 Å². The van der Waals surface area contributed by atoms with Crippen molar-refractivity contribution in [2.24, 2.45) is 0 Å². The molecule has 0 aromatic carbocycles. The molecular weight excluding hydrogens is 270 g/mol. The monoisotopic (exact) mass is 293 g/mol. The topological polar surface area (TPSA) is 38.5 Å². The molecule has 0 aliphatic carbocycles. The summed E-state index contributed by atoms with van der Waals surface area (Å²) < 4.78 is 25.2. The standard InChI is InChI=1S/C16H23NO2S/c1-5-20(18,19)9-8-13-6-7-15-10-14(16(2,3)4)12-17(15)11-13/h6-7,10-12H,5,8-9H2,1-4H3. The van der Waals surface area contributed by atoms with E-state index in [-0.39, 0.29) is 16.9 Å². The van der Waals surface area contributed by atoms with Gasteiger partial charge in [0.1, 0.15) is 9.84 Å². The number of rotatable bonds is 4. The Hall–Kier alpha value is -1.29. The van der Waals surface area contributed by atoms with Crippen LogP contribution in [0.15, 0.2) is 30.6 Å². The molecule has 0 amide bonds. The van der Waals surface area contributed by atoms with Gasteiger partial charge in [-0.05, 0) is 35.1 Å². The molecule has 0 radical (unpaired) electrons. The molecule has 4 heteroatoms. The van der Waals surface area contributed by atoms with E-state index < -0.39 is 9.84 Å². The Morgan fingerprint density at radius 2 is 1.85 bits per heavy atom. The van der Waals surface area contributed by atoms with Gasteiger partial charge >= 0.3 is 0 Å². The highest BCUT2D eigenvalue weighted by molar-refractivity contribution is 7.91. The van der Waals surface area contributed by atoms with E-state index in [0.29, 0.717) is 6.42 Å². The van der Waals surface area contributed by atoms with Gasteiger partial charge in [-0.2, -0.15) is 0 Å². The fraction of sp³-hybridized carbons (Fsp3) is 0.500. The Bertz CT molecular complexity index is 706. The molecule has 110 valence electrons. The summed E-state index contributed by atoms with van der Waals surface area (Å²) in [4.78, 5) is 0. The number of hydrogen-bond acceptors (Lipinski definition) is 2. The largest absolute Gasteiger partial charge is 0.323 e. The fourth-order valence-corrected chi connectivity index (χ4v) is 2.97. The van der Waals surface area contributed by atoms with E-state index >= 15 is 0 Å². The van der Waals surface area contributed by atoms with Crippen molar-refractivity contribution in [1.29, 1.82) is 0 Å². The van der Waals surface area contributed by atoms with Gasteiger partial charge in [0.15, 0.2) is 0 Å². The molecular formula is C16H23NO2S. The molecule has 0 atom stereocenters. The molecule has 0 aliphatic heterocycles. The third-order valence-corrected chi connectivity index (χ3v) is 5.37. The van der Waals surface area contributed by atoms with Crippen LogP contribution in [-0.4, -0.2) is 24.3 Å². The average Bonchev–Trinajstić information content (AvgIpc) is 2.79. The summed E-state index contributed by atoms with van der Waals surface area (Å²) in [5, 5.41) is 0. The molecule has 0 unspecified atom stereocenters. The minimum atomic E-state index is -2.90. The quantitative estimate of drug-likeness (QED) is 0.868. The first-order valence-electron chi connectivity index (χ1n) is 7.03. The van der Waals surface area contributed by atoms with Crippen LogP contribution in [0.25, 0.3) is 5.52 Å². The maximum Gasteiger partial charge on any atom is 0.150 e. The molecule has 0 saturated carbocycles. The maximum absolute atomic E-state index is 11.6. The molecule has 3 nitrogen and oxygen atoms in total. The molecule has 2 heterocycles. The maximum atomic E-state index is 11.6. The fourth-order valence-electron chi connectivity index (χ4n) is 2.13. The smallest absolute Gasteiger partial charge is 0.150 e. The molecule has 20 heavy (non-hydrogen) atoms. The molecule has 2 aromatic rings. The first-order chi connectivity index (χ1) is 9.21. The second kappa shape index (κ2) is 5.24. The normalized spacial score (nSPS) is 13.0. The Labute approximate surface area is 121 Å². The first kappa shape index (κ1) is 15.1. The van der Waals surface area contributed by atoms with Gasteiger partial charge in [0.25, 0.3) is 0 Å². The van der Waals surface area contributed by atoms with E-state index in [2.05, 4.69) is 43.5 Å². The zero-order valence-electron chi connectivity index (χ0n) is 12.7. The van der Waals surface area contributed by atoms with E-state index in [1.54, 1.807) is 6.92 Å². The number of sulfone groups is 1. The van der Waals surface area contributed by atoms with Gasteiger partial charge < -0.3 is 4.40 Å². The number of nitrogens with zero attached hydrogens (tertiary/aromatic N) is 1. The lowest BCUT2D eigenvalue weighted by Crippen LogP contribution is -2.11. The van der Waals surface area contributed by atoms with E-state index in [0.717, 1.165) is 11.1 Å². The molecule has 0 saturated heterocycles. The summed E-state index contributed by atoms with van der Waals surface area (Å²) in [6.07, 6.45) is 4.75. The van der Waals surface area contributed by atoms with Gasteiger partial charge in [0, 0.05) is 23.7 Å². The Morgan fingerprint density at radius 1 is 1.15 bits per heavy atom. The third-order valence-electron chi connectivity index (χ3n) is 3.66. The van der Waals surface area contributed by atoms with Gasteiger partial charge in [-0.1, -0.05) is 33.8 Å². The molecule has 0 fully saturated rings. The van der Waals surface area contributed by atoms with Crippen molar-refractivity contribution < 1.29 is 8.42 Å². The zero-order valence-corrected chi connectivity index (χ0v) is 13.5. The van der Waals surface area contributed by atoms with Gasteiger partial charge in [-0.3, -0.25) is 0 Å². The Balaban J connectivity index is 2.26. The molecule has 0 bridgehead atoms. The van der Waals surface area contributed by atoms with Gasteiger partial charge in [-0.25, -0.2) is 8.42 Å². The van der Waals surface area contributed by atoms with Crippen molar-refractivity contribution in [2.45, 2.75) is 39.5 Å². The van der Waals surface area contributed by atoms with E-state index in [1.807, 2.05) is 12.3 Å². The number of aromatic nitrogens is 1. The van der Waals surface area contributed by atoms with Crippen molar-refractivity contribution in [3.05, 3.63) is 41.7 Å². The van der Waals surface area contributed by atoms with Crippen LogP contribution in [0.2, 0.25) is 0 Å². The summed E-state index contributed by atoms with van der Waals surface area (Å²) in [6.45, 7) is 8.27. The van der Waals surface area contributed by atoms with Crippen LogP contribution >= 0.6 is 0 Å². The van der Waals surface area contributed by atoms with Crippen LogP contribution in [0, 0.1) is 0 Å². The lowest BCUT2D eigenvalue weighted by atomic mass is 9.89. The lowest BCUT2D eigenvalue weighted by molar-refractivity contribution is 0.590. The van der Waals surface area contributed by atoms with E-state index in [4.69, 9.17) is 0 Å². The molecule has 0 N–H and O–H groups in total. The summed E-state index contributed by atoms with van der Waals surface area (Å²) >= 11 is 0. The Kier molecular flexibility index (Phi) is 3.96. The summed E-state index contributed by atoms with van der Waals surface area (Å²) in [6, 6.07) is 6.27. The number of hydrogen-bond donors (Lipinski definition) is 0. The molecule has 0 spiro atoms. The number of pyridine rings is 1. The van der Waals surface area contributed by atoms with Crippen LogP contribution in [0.4, 0.5) is 0 Å². The predicted molar refractivity (Wildman–Crippen MR) is 84.1 cm³/mol. The van der Waals surface area contributed by atoms with Crippen LogP contribution in [-0.2, 0) is 21.7 Å². The minimum absolute atomic E-state index is 0.123. The summed E-state index contributed by atoms with van der Waals surface area (Å²) in [5.74, 6) is 0.440. The SMILES string of the molecule is CCS(=O)(=O)CCc1ccc2cc(C(C)(C)C)cn2c1. The first-order valence-corrected chi connectivity index (χ1v) is 8.85. The van der Waals surface area contributed by atoms with Crippen LogP contribution in [0.1, 0.15) is 38.8 Å². The highest BCUT2D eigenvalue weighted by Gasteiger charge is 2.15. The van der Waals surface area contributed by atoms with Crippen LogP contribution in [0.5, 0.6) is 0 Å².